The normalized spacial score (nSPS) is 17.7. The van der Waals surface area contributed by atoms with E-state index in [2.05, 4.69) is 0 Å². The van der Waals surface area contributed by atoms with Gasteiger partial charge < -0.3 is 14.7 Å². The quantitative estimate of drug-likeness (QED) is 0.260. The molecule has 32 heavy (non-hydrogen) atoms. The Morgan fingerprint density at radius 3 is 2.34 bits per heavy atom. The van der Waals surface area contributed by atoms with Gasteiger partial charge in [0.05, 0.1) is 24.8 Å². The van der Waals surface area contributed by atoms with Gasteiger partial charge in [0.2, 0.25) is 0 Å². The average molecular weight is 488 g/mol. The molecular weight excluding hydrogens is 469 g/mol. The van der Waals surface area contributed by atoms with Crippen LogP contribution >= 0.6 is 34.5 Å². The lowest BCUT2D eigenvalue weighted by molar-refractivity contribution is -0.140. The Labute approximate surface area is 199 Å². The topological polar surface area (TPSA) is 66.8 Å². The third-order valence-corrected chi connectivity index (χ3v) is 6.68. The lowest BCUT2D eigenvalue weighted by atomic mass is 9.95. The molecule has 0 bridgehead atoms. The fourth-order valence-electron chi connectivity index (χ4n) is 3.72. The van der Waals surface area contributed by atoms with Crippen molar-refractivity contribution in [1.82, 2.24) is 4.90 Å². The molecule has 5 nitrogen and oxygen atoms in total. The molecule has 2 heterocycles. The van der Waals surface area contributed by atoms with Gasteiger partial charge >= 0.3 is 0 Å². The molecule has 1 unspecified atom stereocenters. The van der Waals surface area contributed by atoms with Gasteiger partial charge in [0.1, 0.15) is 11.5 Å². The molecule has 1 atom stereocenters. The first-order chi connectivity index (χ1) is 15.4. The van der Waals surface area contributed by atoms with Gasteiger partial charge in [0, 0.05) is 26.0 Å². The molecular formula is C24H19Cl2NO4S. The van der Waals surface area contributed by atoms with Crippen LogP contribution in [0.2, 0.25) is 10.0 Å². The largest absolute Gasteiger partial charge is 0.507 e. The SMILES string of the molecule is CCOc1ccc(/C(O)=C2\C(=O)C(=O)N(Cc3cccs3)C2c2c(Cl)cccc2Cl)cc1. The molecule has 1 saturated heterocycles. The minimum absolute atomic E-state index is 0.0503. The van der Waals surface area contributed by atoms with E-state index in [1.165, 1.54) is 16.2 Å². The molecule has 0 spiro atoms. The number of nitrogens with zero attached hydrogens (tertiary/aromatic N) is 1. The van der Waals surface area contributed by atoms with Crippen molar-refractivity contribution in [2.75, 3.05) is 6.61 Å². The monoisotopic (exact) mass is 487 g/mol. The molecule has 1 amide bonds. The Hall–Kier alpha value is -2.80. The van der Waals surface area contributed by atoms with Crippen molar-refractivity contribution in [3.63, 3.8) is 0 Å². The van der Waals surface area contributed by atoms with Crippen LogP contribution in [0.4, 0.5) is 0 Å². The van der Waals surface area contributed by atoms with E-state index >= 15 is 0 Å². The standard InChI is InChI=1S/C24H19Cl2NO4S/c1-2-31-15-10-8-14(9-11-15)22(28)20-21(19-17(25)6-3-7-18(19)26)27(24(30)23(20)29)13-16-5-4-12-32-16/h3-12,21,28H,2,13H2,1H3/b22-20+. The van der Waals surface area contributed by atoms with Crippen LogP contribution in [0.1, 0.15) is 29.0 Å². The van der Waals surface area contributed by atoms with Crippen molar-refractivity contribution in [3.05, 3.63) is 91.6 Å². The number of ether oxygens (including phenoxy) is 1. The van der Waals surface area contributed by atoms with Crippen molar-refractivity contribution in [1.29, 1.82) is 0 Å². The number of carbonyl (C=O) groups excluding carboxylic acids is 2. The maximum absolute atomic E-state index is 13.1. The number of rotatable bonds is 6. The maximum atomic E-state index is 13.1. The highest BCUT2D eigenvalue weighted by Crippen LogP contribution is 2.45. The summed E-state index contributed by atoms with van der Waals surface area (Å²) in [6.07, 6.45) is 0. The number of benzene rings is 2. The number of aliphatic hydroxyl groups excluding tert-OH is 1. The minimum atomic E-state index is -0.926. The van der Waals surface area contributed by atoms with Crippen LogP contribution in [0.25, 0.3) is 5.76 Å². The Bertz CT molecular complexity index is 1170. The van der Waals surface area contributed by atoms with E-state index in [1.807, 2.05) is 24.4 Å². The molecule has 164 valence electrons. The Morgan fingerprint density at radius 1 is 1.06 bits per heavy atom. The zero-order chi connectivity index (χ0) is 22.8. The molecule has 0 radical (unpaired) electrons. The lowest BCUT2D eigenvalue weighted by Gasteiger charge is -2.26. The van der Waals surface area contributed by atoms with Crippen LogP contribution in [-0.2, 0) is 16.1 Å². The number of amides is 1. The number of carbonyl (C=O) groups is 2. The summed E-state index contributed by atoms with van der Waals surface area (Å²) in [5.74, 6) is -1.16. The molecule has 0 aliphatic carbocycles. The van der Waals surface area contributed by atoms with E-state index in [4.69, 9.17) is 27.9 Å². The number of hydrogen-bond acceptors (Lipinski definition) is 5. The molecule has 2 aromatic carbocycles. The van der Waals surface area contributed by atoms with Crippen molar-refractivity contribution in [2.45, 2.75) is 19.5 Å². The lowest BCUT2D eigenvalue weighted by Crippen LogP contribution is -2.29. The first-order valence-electron chi connectivity index (χ1n) is 9.90. The zero-order valence-corrected chi connectivity index (χ0v) is 19.4. The number of aliphatic hydroxyl groups is 1. The fourth-order valence-corrected chi connectivity index (χ4v) is 5.02. The van der Waals surface area contributed by atoms with E-state index in [0.29, 0.717) is 33.5 Å². The van der Waals surface area contributed by atoms with Gasteiger partial charge in [-0.05, 0) is 54.8 Å². The maximum Gasteiger partial charge on any atom is 0.295 e. The van der Waals surface area contributed by atoms with E-state index in [1.54, 1.807) is 42.5 Å². The van der Waals surface area contributed by atoms with Crippen LogP contribution < -0.4 is 4.74 Å². The van der Waals surface area contributed by atoms with E-state index in [-0.39, 0.29) is 17.9 Å². The first kappa shape index (κ1) is 22.4. The Kier molecular flexibility index (Phi) is 6.55. The summed E-state index contributed by atoms with van der Waals surface area (Å²) in [7, 11) is 0. The van der Waals surface area contributed by atoms with Crippen LogP contribution in [0.15, 0.2) is 65.6 Å². The van der Waals surface area contributed by atoms with E-state index < -0.39 is 17.7 Å². The van der Waals surface area contributed by atoms with E-state index in [9.17, 15) is 14.7 Å². The highest BCUT2D eigenvalue weighted by molar-refractivity contribution is 7.09. The second-order valence-corrected chi connectivity index (χ2v) is 8.95. The van der Waals surface area contributed by atoms with Gasteiger partial charge in [-0.25, -0.2) is 0 Å². The summed E-state index contributed by atoms with van der Waals surface area (Å²) in [6, 6.07) is 14.5. The van der Waals surface area contributed by atoms with Crippen LogP contribution in [-0.4, -0.2) is 28.3 Å². The number of thiophene rings is 1. The summed E-state index contributed by atoms with van der Waals surface area (Å²) >= 11 is 14.4. The second-order valence-electron chi connectivity index (χ2n) is 7.10. The zero-order valence-electron chi connectivity index (χ0n) is 17.0. The van der Waals surface area contributed by atoms with Crippen LogP contribution in [0, 0.1) is 0 Å². The molecule has 0 saturated carbocycles. The molecule has 1 aliphatic heterocycles. The summed E-state index contributed by atoms with van der Waals surface area (Å²) in [4.78, 5) is 28.5. The summed E-state index contributed by atoms with van der Waals surface area (Å²) < 4.78 is 5.44. The van der Waals surface area contributed by atoms with Crippen molar-refractivity contribution < 1.29 is 19.4 Å². The fraction of sp³-hybridized carbons (Fsp3) is 0.167. The second kappa shape index (κ2) is 9.36. The molecule has 1 aromatic heterocycles. The summed E-state index contributed by atoms with van der Waals surface area (Å²) in [5, 5.41) is 13.6. The Balaban J connectivity index is 1.87. The molecule has 4 rings (SSSR count). The van der Waals surface area contributed by atoms with Crippen molar-refractivity contribution >= 4 is 52.0 Å². The third-order valence-electron chi connectivity index (χ3n) is 5.16. The van der Waals surface area contributed by atoms with Gasteiger partial charge in [0.25, 0.3) is 11.7 Å². The summed E-state index contributed by atoms with van der Waals surface area (Å²) in [5.41, 5.74) is 0.737. The smallest absolute Gasteiger partial charge is 0.295 e. The van der Waals surface area contributed by atoms with Gasteiger partial charge in [-0.2, -0.15) is 0 Å². The first-order valence-corrected chi connectivity index (χ1v) is 11.5. The van der Waals surface area contributed by atoms with E-state index in [0.717, 1.165) is 4.88 Å². The Morgan fingerprint density at radius 2 is 1.75 bits per heavy atom. The van der Waals surface area contributed by atoms with Crippen LogP contribution in [0.3, 0.4) is 0 Å². The predicted molar refractivity (Wildman–Crippen MR) is 126 cm³/mol. The molecule has 1 N–H and O–H groups in total. The third kappa shape index (κ3) is 4.13. The minimum Gasteiger partial charge on any atom is -0.507 e. The number of Topliss-reactive ketones (excluding diaryl/α,β-unsaturated/α-hetero) is 1. The number of ketones is 1. The highest BCUT2D eigenvalue weighted by atomic mass is 35.5. The summed E-state index contributed by atoms with van der Waals surface area (Å²) in [6.45, 7) is 2.56. The molecule has 1 fully saturated rings. The van der Waals surface area contributed by atoms with Crippen LogP contribution in [0.5, 0.6) is 5.75 Å². The molecule has 3 aromatic rings. The van der Waals surface area contributed by atoms with Gasteiger partial charge in [0.15, 0.2) is 0 Å². The number of halogens is 2. The molecule has 1 aliphatic rings. The molecule has 8 heteroatoms. The highest BCUT2D eigenvalue weighted by Gasteiger charge is 2.47. The number of likely N-dealkylation sites (tertiary alicyclic amines) is 1. The van der Waals surface area contributed by atoms with Gasteiger partial charge in [-0.1, -0.05) is 35.3 Å². The van der Waals surface area contributed by atoms with Crippen molar-refractivity contribution in [3.8, 4) is 5.75 Å². The predicted octanol–water partition coefficient (Wildman–Crippen LogP) is 6.08. The van der Waals surface area contributed by atoms with Crippen molar-refractivity contribution in [2.24, 2.45) is 0 Å². The average Bonchev–Trinajstić information content (AvgIpc) is 3.37. The number of hydrogen-bond donors (Lipinski definition) is 1. The van der Waals surface area contributed by atoms with Gasteiger partial charge in [-0.3, -0.25) is 9.59 Å². The van der Waals surface area contributed by atoms with Gasteiger partial charge in [-0.15, -0.1) is 11.3 Å².